The van der Waals surface area contributed by atoms with Crippen LogP contribution < -0.4 is 14.4 Å². The molecule has 1 amide bonds. The van der Waals surface area contributed by atoms with Crippen molar-refractivity contribution in [2.24, 2.45) is 0 Å². The zero-order valence-corrected chi connectivity index (χ0v) is 14.3. The van der Waals surface area contributed by atoms with E-state index in [0.29, 0.717) is 24.3 Å². The molecule has 0 aromatic heterocycles. The number of amides is 1. The smallest absolute Gasteiger partial charge is 0.262 e. The molecule has 1 heterocycles. The predicted molar refractivity (Wildman–Crippen MR) is 91.8 cm³/mol. The number of methoxy groups -OCH3 is 1. The number of ether oxygens (including phenoxy) is 1. The summed E-state index contributed by atoms with van der Waals surface area (Å²) in [5.74, 6) is -0.785. The van der Waals surface area contributed by atoms with E-state index in [1.165, 1.54) is 19.2 Å². The molecule has 2 aromatic carbocycles. The van der Waals surface area contributed by atoms with Crippen molar-refractivity contribution in [1.29, 1.82) is 0 Å². The lowest BCUT2D eigenvalue weighted by Crippen LogP contribution is -2.23. The second-order valence-corrected chi connectivity index (χ2v) is 7.28. The van der Waals surface area contributed by atoms with Crippen LogP contribution >= 0.6 is 0 Å². The van der Waals surface area contributed by atoms with Crippen LogP contribution in [0.1, 0.15) is 12.8 Å². The molecule has 0 atom stereocenters. The van der Waals surface area contributed by atoms with E-state index in [1.807, 2.05) is 0 Å². The number of hydrogen-bond donors (Lipinski definition) is 1. The normalized spacial score (nSPS) is 14.6. The van der Waals surface area contributed by atoms with Crippen molar-refractivity contribution in [1.82, 2.24) is 0 Å². The molecule has 0 saturated carbocycles. The zero-order valence-electron chi connectivity index (χ0n) is 13.5. The Morgan fingerprint density at radius 3 is 2.64 bits per heavy atom. The summed E-state index contributed by atoms with van der Waals surface area (Å²) in [6.45, 7) is 0.610. The lowest BCUT2D eigenvalue weighted by atomic mass is 10.2. The maximum atomic E-state index is 13.8. The van der Waals surface area contributed by atoms with Crippen LogP contribution in [0.4, 0.5) is 15.8 Å². The Hall–Kier alpha value is -2.61. The highest BCUT2D eigenvalue weighted by Crippen LogP contribution is 2.26. The standard InChI is InChI=1S/C17H17FN2O4S/c1-24-16-8-7-14(11-15(16)18)25(22,23)19-12-4-2-5-13(10-12)20-9-3-6-17(20)21/h2,4-5,7-8,10-11,19H,3,6,9H2,1H3. The fourth-order valence-electron chi connectivity index (χ4n) is 2.69. The Morgan fingerprint density at radius 1 is 1.20 bits per heavy atom. The number of nitrogens with one attached hydrogen (secondary N) is 1. The number of nitrogens with zero attached hydrogens (tertiary/aromatic N) is 1. The Kier molecular flexibility index (Phi) is 4.63. The van der Waals surface area contributed by atoms with Crippen molar-refractivity contribution >= 4 is 27.3 Å². The molecule has 2 aromatic rings. The van der Waals surface area contributed by atoms with Crippen LogP contribution in [0.3, 0.4) is 0 Å². The summed E-state index contributed by atoms with van der Waals surface area (Å²) in [6.07, 6.45) is 1.26. The van der Waals surface area contributed by atoms with Crippen LogP contribution in [-0.2, 0) is 14.8 Å². The minimum absolute atomic E-state index is 0.0113. The topological polar surface area (TPSA) is 75.7 Å². The molecular formula is C17H17FN2O4S. The number of sulfonamides is 1. The molecule has 0 aliphatic carbocycles. The van der Waals surface area contributed by atoms with Crippen molar-refractivity contribution in [3.63, 3.8) is 0 Å². The van der Waals surface area contributed by atoms with Gasteiger partial charge in [-0.15, -0.1) is 0 Å². The number of carbonyl (C=O) groups excluding carboxylic acids is 1. The van der Waals surface area contributed by atoms with Crippen molar-refractivity contribution in [2.45, 2.75) is 17.7 Å². The third-order valence-electron chi connectivity index (χ3n) is 3.92. The molecular weight excluding hydrogens is 347 g/mol. The van der Waals surface area contributed by atoms with Gasteiger partial charge in [0.2, 0.25) is 5.91 Å². The first-order chi connectivity index (χ1) is 11.9. The number of benzene rings is 2. The Labute approximate surface area is 145 Å². The van der Waals surface area contributed by atoms with Crippen molar-refractivity contribution < 1.29 is 22.3 Å². The van der Waals surface area contributed by atoms with E-state index in [0.717, 1.165) is 12.5 Å². The van der Waals surface area contributed by atoms with Gasteiger partial charge in [0.1, 0.15) is 0 Å². The number of carbonyl (C=O) groups is 1. The van der Waals surface area contributed by atoms with Gasteiger partial charge in [-0.2, -0.15) is 0 Å². The van der Waals surface area contributed by atoms with Crippen molar-refractivity contribution in [3.8, 4) is 5.75 Å². The number of halogens is 1. The van der Waals surface area contributed by atoms with Gasteiger partial charge < -0.3 is 9.64 Å². The van der Waals surface area contributed by atoms with Crippen molar-refractivity contribution in [3.05, 3.63) is 48.3 Å². The van der Waals surface area contributed by atoms with Gasteiger partial charge in [0.15, 0.2) is 11.6 Å². The Morgan fingerprint density at radius 2 is 2.00 bits per heavy atom. The molecule has 8 heteroatoms. The summed E-state index contributed by atoms with van der Waals surface area (Å²) >= 11 is 0. The second-order valence-electron chi connectivity index (χ2n) is 5.60. The number of anilines is 2. The molecule has 1 fully saturated rings. The maximum absolute atomic E-state index is 13.8. The number of hydrogen-bond acceptors (Lipinski definition) is 4. The summed E-state index contributed by atoms with van der Waals surface area (Å²) in [5.41, 5.74) is 0.928. The number of rotatable bonds is 5. The van der Waals surface area contributed by atoms with Gasteiger partial charge in [-0.25, -0.2) is 12.8 Å². The Balaban J connectivity index is 1.86. The summed E-state index contributed by atoms with van der Waals surface area (Å²) in [6, 6.07) is 9.97. The maximum Gasteiger partial charge on any atom is 0.262 e. The predicted octanol–water partition coefficient (Wildman–Crippen LogP) is 2.76. The molecule has 1 aliphatic rings. The third-order valence-corrected chi connectivity index (χ3v) is 5.30. The van der Waals surface area contributed by atoms with Crippen LogP contribution in [0, 0.1) is 5.82 Å². The van der Waals surface area contributed by atoms with Crippen LogP contribution in [0.25, 0.3) is 0 Å². The quantitative estimate of drug-likeness (QED) is 0.885. The molecule has 0 radical (unpaired) electrons. The molecule has 1 saturated heterocycles. The minimum atomic E-state index is -3.96. The van der Waals surface area contributed by atoms with E-state index in [2.05, 4.69) is 4.72 Å². The van der Waals surface area contributed by atoms with E-state index >= 15 is 0 Å². The summed E-state index contributed by atoms with van der Waals surface area (Å²) < 4.78 is 45.9. The summed E-state index contributed by atoms with van der Waals surface area (Å²) in [7, 11) is -2.66. The first-order valence-corrected chi connectivity index (χ1v) is 9.16. The fraction of sp³-hybridized carbons (Fsp3) is 0.235. The summed E-state index contributed by atoms with van der Waals surface area (Å²) in [5, 5.41) is 0. The lowest BCUT2D eigenvalue weighted by Gasteiger charge is -2.17. The zero-order chi connectivity index (χ0) is 18.0. The monoisotopic (exact) mass is 364 g/mol. The van der Waals surface area contributed by atoms with Gasteiger partial charge in [-0.1, -0.05) is 6.07 Å². The molecule has 6 nitrogen and oxygen atoms in total. The Bertz CT molecular complexity index is 915. The van der Waals surface area contributed by atoms with Gasteiger partial charge in [0.05, 0.1) is 17.7 Å². The molecule has 3 rings (SSSR count). The summed E-state index contributed by atoms with van der Waals surface area (Å²) in [4.78, 5) is 13.2. The average molecular weight is 364 g/mol. The SMILES string of the molecule is COc1ccc(S(=O)(=O)Nc2cccc(N3CCCC3=O)c2)cc1F. The molecule has 0 unspecified atom stereocenters. The van der Waals surface area contributed by atoms with Gasteiger partial charge >= 0.3 is 0 Å². The van der Waals surface area contributed by atoms with Gasteiger partial charge in [-0.3, -0.25) is 9.52 Å². The first-order valence-electron chi connectivity index (χ1n) is 7.67. The molecule has 0 spiro atoms. The highest BCUT2D eigenvalue weighted by Gasteiger charge is 2.22. The van der Waals surface area contributed by atoms with E-state index in [4.69, 9.17) is 4.74 Å². The molecule has 0 bridgehead atoms. The van der Waals surface area contributed by atoms with E-state index in [9.17, 15) is 17.6 Å². The van der Waals surface area contributed by atoms with E-state index in [1.54, 1.807) is 29.2 Å². The van der Waals surface area contributed by atoms with Gasteiger partial charge in [0.25, 0.3) is 10.0 Å². The van der Waals surface area contributed by atoms with Crippen molar-refractivity contribution in [2.75, 3.05) is 23.3 Å². The third kappa shape index (κ3) is 3.58. The highest BCUT2D eigenvalue weighted by molar-refractivity contribution is 7.92. The van der Waals surface area contributed by atoms with E-state index < -0.39 is 15.8 Å². The lowest BCUT2D eigenvalue weighted by molar-refractivity contribution is -0.117. The second kappa shape index (κ2) is 6.72. The van der Waals surface area contributed by atoms with Crippen LogP contribution in [0.2, 0.25) is 0 Å². The first kappa shape index (κ1) is 17.2. The van der Waals surface area contributed by atoms with Crippen LogP contribution in [0.5, 0.6) is 5.75 Å². The van der Waals surface area contributed by atoms with Gasteiger partial charge in [0, 0.05) is 18.7 Å². The molecule has 132 valence electrons. The van der Waals surface area contributed by atoms with Gasteiger partial charge in [-0.05, 0) is 42.8 Å². The van der Waals surface area contributed by atoms with E-state index in [-0.39, 0.29) is 16.6 Å². The van der Waals surface area contributed by atoms with Crippen LogP contribution in [-0.4, -0.2) is 28.0 Å². The average Bonchev–Trinajstić information content (AvgIpc) is 3.00. The highest BCUT2D eigenvalue weighted by atomic mass is 32.2. The fourth-order valence-corrected chi connectivity index (χ4v) is 3.75. The molecule has 1 N–H and O–H groups in total. The molecule has 25 heavy (non-hydrogen) atoms. The minimum Gasteiger partial charge on any atom is -0.494 e. The van der Waals surface area contributed by atoms with Crippen LogP contribution in [0.15, 0.2) is 47.4 Å². The largest absolute Gasteiger partial charge is 0.494 e. The molecule has 1 aliphatic heterocycles.